The molecule has 90 valence electrons. The van der Waals surface area contributed by atoms with Crippen molar-refractivity contribution in [1.29, 1.82) is 0 Å². The highest BCUT2D eigenvalue weighted by molar-refractivity contribution is 5.80. The lowest BCUT2D eigenvalue weighted by Gasteiger charge is -2.21. The summed E-state index contributed by atoms with van der Waals surface area (Å²) >= 11 is 0. The molecule has 0 spiro atoms. The molecule has 1 N–H and O–H groups in total. The van der Waals surface area contributed by atoms with Gasteiger partial charge in [0.05, 0.1) is 5.69 Å². The van der Waals surface area contributed by atoms with Gasteiger partial charge in [-0.25, -0.2) is 0 Å². The Labute approximate surface area is 101 Å². The van der Waals surface area contributed by atoms with Crippen LogP contribution in [0.3, 0.4) is 0 Å². The van der Waals surface area contributed by atoms with E-state index >= 15 is 0 Å². The second kappa shape index (κ2) is 4.49. The molecule has 0 aliphatic carbocycles. The third-order valence-corrected chi connectivity index (χ3v) is 3.64. The molecule has 17 heavy (non-hydrogen) atoms. The van der Waals surface area contributed by atoms with Crippen LogP contribution in [0.4, 0.5) is 0 Å². The van der Waals surface area contributed by atoms with E-state index in [0.717, 1.165) is 36.7 Å². The zero-order valence-electron chi connectivity index (χ0n) is 10.2. The molecule has 1 saturated heterocycles. The van der Waals surface area contributed by atoms with Crippen molar-refractivity contribution >= 4 is 11.0 Å². The Morgan fingerprint density at radius 2 is 2.18 bits per heavy atom. The molecular weight excluding hydrogens is 212 g/mol. The molecule has 3 nitrogen and oxygen atoms in total. The van der Waals surface area contributed by atoms with E-state index in [0.29, 0.717) is 0 Å². The van der Waals surface area contributed by atoms with E-state index in [1.807, 2.05) is 6.07 Å². The molecule has 3 rings (SSSR count). The van der Waals surface area contributed by atoms with E-state index in [1.54, 1.807) is 0 Å². The zero-order valence-corrected chi connectivity index (χ0v) is 10.2. The molecule has 0 saturated carbocycles. The van der Waals surface area contributed by atoms with Gasteiger partial charge in [-0.05, 0) is 57.3 Å². The number of hydrogen-bond donors (Lipinski definition) is 1. The Balaban J connectivity index is 1.86. The molecule has 2 aromatic rings. The van der Waals surface area contributed by atoms with Gasteiger partial charge < -0.3 is 9.84 Å². The van der Waals surface area contributed by atoms with Gasteiger partial charge >= 0.3 is 0 Å². The summed E-state index contributed by atoms with van der Waals surface area (Å²) in [5.41, 5.74) is 3.32. The fourth-order valence-electron chi connectivity index (χ4n) is 2.61. The molecular formula is C14H18N2O. The zero-order chi connectivity index (χ0) is 11.7. The van der Waals surface area contributed by atoms with Crippen molar-refractivity contribution in [1.82, 2.24) is 10.5 Å². The number of piperidine rings is 1. The highest BCUT2D eigenvalue weighted by Crippen LogP contribution is 2.24. The minimum atomic E-state index is 0.755. The maximum absolute atomic E-state index is 5.38. The Hall–Kier alpha value is -1.35. The molecule has 3 heteroatoms. The number of nitrogens with zero attached hydrogens (tertiary/aromatic N) is 1. The molecule has 1 aromatic heterocycles. The summed E-state index contributed by atoms with van der Waals surface area (Å²) in [7, 11) is 0. The van der Waals surface area contributed by atoms with Crippen LogP contribution in [0, 0.1) is 12.8 Å². The van der Waals surface area contributed by atoms with Gasteiger partial charge in [-0.1, -0.05) is 16.8 Å². The van der Waals surface area contributed by atoms with Crippen LogP contribution in [-0.4, -0.2) is 18.2 Å². The first-order valence-electron chi connectivity index (χ1n) is 6.38. The van der Waals surface area contributed by atoms with Crippen molar-refractivity contribution in [3.8, 4) is 0 Å². The van der Waals surface area contributed by atoms with E-state index in [-0.39, 0.29) is 0 Å². The average Bonchev–Trinajstić information content (AvgIpc) is 2.73. The summed E-state index contributed by atoms with van der Waals surface area (Å²) in [4.78, 5) is 0. The van der Waals surface area contributed by atoms with Crippen LogP contribution in [0.5, 0.6) is 0 Å². The minimum Gasteiger partial charge on any atom is -0.356 e. The third kappa shape index (κ3) is 2.20. The van der Waals surface area contributed by atoms with Crippen molar-refractivity contribution in [2.75, 3.05) is 13.1 Å². The van der Waals surface area contributed by atoms with Crippen LogP contribution >= 0.6 is 0 Å². The van der Waals surface area contributed by atoms with Gasteiger partial charge in [0.2, 0.25) is 0 Å². The number of aryl methyl sites for hydroxylation is 1. The molecule has 1 aliphatic rings. The standard InChI is InChI=1S/C14H18N2O/c1-10-2-3-14-12(8-10)13(16-17-14)9-11-4-6-15-7-5-11/h2-3,8,11,15H,4-7,9H2,1H3. The first-order valence-corrected chi connectivity index (χ1v) is 6.38. The maximum Gasteiger partial charge on any atom is 0.167 e. The predicted molar refractivity (Wildman–Crippen MR) is 68.0 cm³/mol. The topological polar surface area (TPSA) is 38.1 Å². The van der Waals surface area contributed by atoms with Gasteiger partial charge in [-0.3, -0.25) is 0 Å². The van der Waals surface area contributed by atoms with Crippen molar-refractivity contribution in [3.05, 3.63) is 29.5 Å². The van der Waals surface area contributed by atoms with Gasteiger partial charge in [0, 0.05) is 5.39 Å². The van der Waals surface area contributed by atoms with Crippen molar-refractivity contribution in [3.63, 3.8) is 0 Å². The fourth-order valence-corrected chi connectivity index (χ4v) is 2.61. The summed E-state index contributed by atoms with van der Waals surface area (Å²) in [6.07, 6.45) is 3.55. The predicted octanol–water partition coefficient (Wildman–Crippen LogP) is 2.68. The second-order valence-electron chi connectivity index (χ2n) is 5.03. The maximum atomic E-state index is 5.38. The lowest BCUT2D eigenvalue weighted by Crippen LogP contribution is -2.28. The molecule has 0 atom stereocenters. The van der Waals surface area contributed by atoms with Gasteiger partial charge in [0.25, 0.3) is 0 Å². The minimum absolute atomic E-state index is 0.755. The first-order chi connectivity index (χ1) is 8.33. The number of benzene rings is 1. The highest BCUT2D eigenvalue weighted by atomic mass is 16.5. The quantitative estimate of drug-likeness (QED) is 0.862. The number of aromatic nitrogens is 1. The van der Waals surface area contributed by atoms with E-state index in [4.69, 9.17) is 4.52 Å². The molecule has 2 heterocycles. The normalized spacial score (nSPS) is 17.7. The Morgan fingerprint density at radius 1 is 1.35 bits per heavy atom. The van der Waals surface area contributed by atoms with Crippen LogP contribution in [0.25, 0.3) is 11.0 Å². The van der Waals surface area contributed by atoms with Crippen LogP contribution < -0.4 is 5.32 Å². The lowest BCUT2D eigenvalue weighted by molar-refractivity contribution is 0.360. The summed E-state index contributed by atoms with van der Waals surface area (Å²) in [5, 5.41) is 8.83. The van der Waals surface area contributed by atoms with Gasteiger partial charge in [-0.15, -0.1) is 0 Å². The highest BCUT2D eigenvalue weighted by Gasteiger charge is 2.17. The molecule has 1 fully saturated rings. The Kier molecular flexibility index (Phi) is 2.85. The summed E-state index contributed by atoms with van der Waals surface area (Å²) in [6, 6.07) is 6.27. The number of hydrogen-bond acceptors (Lipinski definition) is 3. The van der Waals surface area contributed by atoms with Gasteiger partial charge in [0.1, 0.15) is 0 Å². The van der Waals surface area contributed by atoms with E-state index in [1.165, 1.54) is 23.8 Å². The Bertz CT molecular complexity index is 512. The van der Waals surface area contributed by atoms with Crippen LogP contribution in [0.1, 0.15) is 24.1 Å². The first kappa shape index (κ1) is 10.8. The van der Waals surface area contributed by atoms with E-state index < -0.39 is 0 Å². The van der Waals surface area contributed by atoms with Crippen molar-refractivity contribution in [2.24, 2.45) is 5.92 Å². The monoisotopic (exact) mass is 230 g/mol. The molecule has 1 aliphatic heterocycles. The molecule has 0 unspecified atom stereocenters. The molecule has 0 radical (unpaired) electrons. The number of rotatable bonds is 2. The summed E-state index contributed by atoms with van der Waals surface area (Å²) in [6.45, 7) is 4.39. The average molecular weight is 230 g/mol. The smallest absolute Gasteiger partial charge is 0.167 e. The molecule has 0 amide bonds. The van der Waals surface area contributed by atoms with Crippen LogP contribution in [-0.2, 0) is 6.42 Å². The molecule has 0 bridgehead atoms. The molecule has 1 aromatic carbocycles. The van der Waals surface area contributed by atoms with Crippen LogP contribution in [0.2, 0.25) is 0 Å². The SMILES string of the molecule is Cc1ccc2onc(CC3CCNCC3)c2c1. The third-order valence-electron chi connectivity index (χ3n) is 3.64. The Morgan fingerprint density at radius 3 is 3.00 bits per heavy atom. The number of nitrogens with one attached hydrogen (secondary N) is 1. The van der Waals surface area contributed by atoms with Gasteiger partial charge in [-0.2, -0.15) is 0 Å². The van der Waals surface area contributed by atoms with E-state index in [2.05, 4.69) is 29.5 Å². The second-order valence-corrected chi connectivity index (χ2v) is 5.03. The van der Waals surface area contributed by atoms with Crippen LogP contribution in [0.15, 0.2) is 22.7 Å². The summed E-state index contributed by atoms with van der Waals surface area (Å²) < 4.78 is 5.38. The largest absolute Gasteiger partial charge is 0.356 e. The lowest BCUT2D eigenvalue weighted by atomic mass is 9.92. The van der Waals surface area contributed by atoms with E-state index in [9.17, 15) is 0 Å². The fraction of sp³-hybridized carbons (Fsp3) is 0.500. The van der Waals surface area contributed by atoms with Gasteiger partial charge in [0.15, 0.2) is 5.58 Å². The summed E-state index contributed by atoms with van der Waals surface area (Å²) in [5.74, 6) is 0.755. The number of fused-ring (bicyclic) bond motifs is 1. The van der Waals surface area contributed by atoms with Crippen molar-refractivity contribution in [2.45, 2.75) is 26.2 Å². The van der Waals surface area contributed by atoms with Crippen molar-refractivity contribution < 1.29 is 4.52 Å².